The predicted octanol–water partition coefficient (Wildman–Crippen LogP) is 1.25. The Labute approximate surface area is 73.6 Å². The molecule has 0 aliphatic rings. The Hall–Kier alpha value is -0.830. The summed E-state index contributed by atoms with van der Waals surface area (Å²) in [4.78, 5) is 4.05. The largest absolute Gasteiger partial charge is 0.336 e. The van der Waals surface area contributed by atoms with Crippen molar-refractivity contribution in [1.29, 1.82) is 0 Å². The number of imidazole rings is 1. The van der Waals surface area contributed by atoms with Crippen molar-refractivity contribution >= 4 is 0 Å². The number of aromatic nitrogens is 2. The van der Waals surface area contributed by atoms with Gasteiger partial charge in [0, 0.05) is 13.2 Å². The van der Waals surface area contributed by atoms with Gasteiger partial charge < -0.3 is 10.3 Å². The fraction of sp³-hybridized carbons (Fsp3) is 0.667. The molecule has 0 spiro atoms. The Balaban J connectivity index is 3.05. The average Bonchev–Trinajstić information content (AvgIpc) is 2.35. The molecule has 1 unspecified atom stereocenters. The first-order valence-electron chi connectivity index (χ1n) is 4.22. The molecule has 0 radical (unpaired) electrons. The van der Waals surface area contributed by atoms with Gasteiger partial charge >= 0.3 is 0 Å². The van der Waals surface area contributed by atoms with Crippen LogP contribution in [0.25, 0.3) is 0 Å². The van der Waals surface area contributed by atoms with Gasteiger partial charge in [-0.2, -0.15) is 0 Å². The zero-order valence-corrected chi connectivity index (χ0v) is 8.20. The van der Waals surface area contributed by atoms with Gasteiger partial charge in [0.25, 0.3) is 0 Å². The zero-order valence-electron chi connectivity index (χ0n) is 8.20. The summed E-state index contributed by atoms with van der Waals surface area (Å²) in [5.74, 6) is 0.410. The minimum absolute atomic E-state index is 0.286. The quantitative estimate of drug-likeness (QED) is 0.720. The zero-order chi connectivity index (χ0) is 9.35. The van der Waals surface area contributed by atoms with E-state index in [0.29, 0.717) is 5.92 Å². The Bertz CT molecular complexity index is 260. The monoisotopic (exact) mass is 167 g/mol. The maximum atomic E-state index is 6.17. The molecule has 1 atom stereocenters. The van der Waals surface area contributed by atoms with E-state index in [1.807, 2.05) is 24.7 Å². The van der Waals surface area contributed by atoms with Gasteiger partial charge in [-0.3, -0.25) is 0 Å². The molecule has 0 bridgehead atoms. The highest BCUT2D eigenvalue weighted by Gasteiger charge is 2.27. The summed E-state index contributed by atoms with van der Waals surface area (Å²) in [6.45, 7) is 6.27. The van der Waals surface area contributed by atoms with Gasteiger partial charge in [-0.05, 0) is 12.8 Å². The van der Waals surface area contributed by atoms with E-state index < -0.39 is 0 Å². The predicted molar refractivity (Wildman–Crippen MR) is 49.6 cm³/mol. The van der Waals surface area contributed by atoms with E-state index in [1.165, 1.54) is 0 Å². The standard InChI is InChI=1S/C9H17N3/c1-7(2)9(3,10)8-5-11-6-12(8)4/h5-7H,10H2,1-4H3. The van der Waals surface area contributed by atoms with Crippen LogP contribution in [0.2, 0.25) is 0 Å². The van der Waals surface area contributed by atoms with Crippen LogP contribution in [0, 0.1) is 5.92 Å². The van der Waals surface area contributed by atoms with Crippen molar-refractivity contribution in [3.8, 4) is 0 Å². The van der Waals surface area contributed by atoms with E-state index in [2.05, 4.69) is 18.8 Å². The van der Waals surface area contributed by atoms with Crippen molar-refractivity contribution in [1.82, 2.24) is 9.55 Å². The van der Waals surface area contributed by atoms with Crippen LogP contribution < -0.4 is 5.73 Å². The molecule has 3 nitrogen and oxygen atoms in total. The fourth-order valence-electron chi connectivity index (χ4n) is 1.17. The second-order valence-corrected chi connectivity index (χ2v) is 3.83. The maximum Gasteiger partial charge on any atom is 0.0946 e. The molecule has 0 aromatic carbocycles. The number of hydrogen-bond acceptors (Lipinski definition) is 2. The highest BCUT2D eigenvalue weighted by Crippen LogP contribution is 2.24. The third-order valence-corrected chi connectivity index (χ3v) is 2.57. The van der Waals surface area contributed by atoms with E-state index in [1.54, 1.807) is 6.33 Å². The molecule has 0 aliphatic heterocycles. The number of nitrogens with two attached hydrogens (primary N) is 1. The van der Waals surface area contributed by atoms with Gasteiger partial charge in [-0.25, -0.2) is 4.98 Å². The third kappa shape index (κ3) is 1.37. The van der Waals surface area contributed by atoms with Crippen molar-refractivity contribution in [2.24, 2.45) is 18.7 Å². The van der Waals surface area contributed by atoms with Crippen LogP contribution in [0.4, 0.5) is 0 Å². The Morgan fingerprint density at radius 1 is 1.58 bits per heavy atom. The average molecular weight is 167 g/mol. The van der Waals surface area contributed by atoms with E-state index >= 15 is 0 Å². The molecular weight excluding hydrogens is 150 g/mol. The molecule has 2 N–H and O–H groups in total. The minimum Gasteiger partial charge on any atom is -0.336 e. The highest BCUT2D eigenvalue weighted by molar-refractivity contribution is 5.12. The van der Waals surface area contributed by atoms with Crippen molar-refractivity contribution in [2.45, 2.75) is 26.3 Å². The van der Waals surface area contributed by atoms with Crippen LogP contribution in [0.3, 0.4) is 0 Å². The first-order chi connectivity index (χ1) is 5.46. The topological polar surface area (TPSA) is 43.8 Å². The van der Waals surface area contributed by atoms with Crippen molar-refractivity contribution in [3.63, 3.8) is 0 Å². The fourth-order valence-corrected chi connectivity index (χ4v) is 1.17. The van der Waals surface area contributed by atoms with Gasteiger partial charge in [0.05, 0.1) is 17.6 Å². The lowest BCUT2D eigenvalue weighted by molar-refractivity contribution is 0.333. The Kier molecular flexibility index (Phi) is 2.24. The van der Waals surface area contributed by atoms with Crippen LogP contribution in [-0.4, -0.2) is 9.55 Å². The first-order valence-corrected chi connectivity index (χ1v) is 4.22. The van der Waals surface area contributed by atoms with Gasteiger partial charge in [-0.1, -0.05) is 13.8 Å². The van der Waals surface area contributed by atoms with Crippen LogP contribution in [-0.2, 0) is 12.6 Å². The molecular formula is C9H17N3. The minimum atomic E-state index is -0.286. The molecule has 0 fully saturated rings. The van der Waals surface area contributed by atoms with E-state index in [9.17, 15) is 0 Å². The Morgan fingerprint density at radius 2 is 2.17 bits per heavy atom. The molecule has 1 rings (SSSR count). The molecule has 12 heavy (non-hydrogen) atoms. The first kappa shape index (κ1) is 9.26. The van der Waals surface area contributed by atoms with Crippen molar-refractivity contribution in [2.75, 3.05) is 0 Å². The summed E-state index contributed by atoms with van der Waals surface area (Å²) in [5, 5.41) is 0. The molecule has 1 aromatic heterocycles. The SMILES string of the molecule is CC(C)C(C)(N)c1cncn1C. The number of hydrogen-bond donors (Lipinski definition) is 1. The molecule has 68 valence electrons. The van der Waals surface area contributed by atoms with Gasteiger partial charge in [-0.15, -0.1) is 0 Å². The lowest BCUT2D eigenvalue weighted by Crippen LogP contribution is -2.40. The smallest absolute Gasteiger partial charge is 0.0946 e. The highest BCUT2D eigenvalue weighted by atomic mass is 15.0. The summed E-state index contributed by atoms with van der Waals surface area (Å²) in [6, 6.07) is 0. The number of aryl methyl sites for hydroxylation is 1. The van der Waals surface area contributed by atoms with Gasteiger partial charge in [0.2, 0.25) is 0 Å². The summed E-state index contributed by atoms with van der Waals surface area (Å²) >= 11 is 0. The van der Waals surface area contributed by atoms with Crippen LogP contribution in [0.15, 0.2) is 12.5 Å². The second kappa shape index (κ2) is 2.90. The Morgan fingerprint density at radius 3 is 2.50 bits per heavy atom. The maximum absolute atomic E-state index is 6.17. The van der Waals surface area contributed by atoms with Crippen LogP contribution in [0.1, 0.15) is 26.5 Å². The van der Waals surface area contributed by atoms with E-state index in [4.69, 9.17) is 5.73 Å². The molecule has 0 saturated carbocycles. The van der Waals surface area contributed by atoms with Crippen LogP contribution in [0.5, 0.6) is 0 Å². The molecule has 0 amide bonds. The molecule has 0 aliphatic carbocycles. The van der Waals surface area contributed by atoms with Gasteiger partial charge in [0.15, 0.2) is 0 Å². The second-order valence-electron chi connectivity index (χ2n) is 3.83. The summed E-state index contributed by atoms with van der Waals surface area (Å²) in [7, 11) is 1.97. The lowest BCUT2D eigenvalue weighted by atomic mass is 9.87. The number of nitrogens with zero attached hydrogens (tertiary/aromatic N) is 2. The molecule has 1 aromatic rings. The molecule has 0 saturated heterocycles. The van der Waals surface area contributed by atoms with Crippen LogP contribution >= 0.6 is 0 Å². The normalized spacial score (nSPS) is 16.5. The lowest BCUT2D eigenvalue weighted by Gasteiger charge is -2.29. The third-order valence-electron chi connectivity index (χ3n) is 2.57. The van der Waals surface area contributed by atoms with E-state index in [0.717, 1.165) is 5.69 Å². The summed E-state index contributed by atoms with van der Waals surface area (Å²) < 4.78 is 1.97. The van der Waals surface area contributed by atoms with Crippen molar-refractivity contribution < 1.29 is 0 Å². The summed E-state index contributed by atoms with van der Waals surface area (Å²) in [5.41, 5.74) is 6.96. The van der Waals surface area contributed by atoms with Crippen molar-refractivity contribution in [3.05, 3.63) is 18.2 Å². The number of rotatable bonds is 2. The molecule has 3 heteroatoms. The van der Waals surface area contributed by atoms with Gasteiger partial charge in [0.1, 0.15) is 0 Å². The molecule has 1 heterocycles. The summed E-state index contributed by atoms with van der Waals surface area (Å²) in [6.07, 6.45) is 3.61. The van der Waals surface area contributed by atoms with E-state index in [-0.39, 0.29) is 5.54 Å².